The quantitative estimate of drug-likeness (QED) is 0.108. The zero-order valence-corrected chi connectivity index (χ0v) is 34.8. The third kappa shape index (κ3) is 8.33. The van der Waals surface area contributed by atoms with Gasteiger partial charge in [-0.15, -0.1) is 0 Å². The molecule has 2 aromatic heterocycles. The van der Waals surface area contributed by atoms with E-state index in [1.807, 2.05) is 40.4 Å². The van der Waals surface area contributed by atoms with Crippen molar-refractivity contribution in [3.63, 3.8) is 0 Å². The number of carboxylic acid groups (broad SMARTS) is 1. The van der Waals surface area contributed by atoms with Crippen molar-refractivity contribution in [2.75, 3.05) is 46.4 Å². The summed E-state index contributed by atoms with van der Waals surface area (Å²) < 4.78 is 5.51. The molecule has 5 heterocycles. The van der Waals surface area contributed by atoms with Crippen LogP contribution in [0.2, 0.25) is 0 Å². The lowest BCUT2D eigenvalue weighted by Crippen LogP contribution is -2.53. The maximum absolute atomic E-state index is 14.2. The maximum atomic E-state index is 14.2. The minimum atomic E-state index is -1.10. The number of nitrogens with one attached hydrogen (secondary N) is 2. The van der Waals surface area contributed by atoms with Gasteiger partial charge in [-0.2, -0.15) is 0 Å². The van der Waals surface area contributed by atoms with Crippen LogP contribution in [0.1, 0.15) is 87.7 Å². The molecule has 3 aromatic carbocycles. The first-order chi connectivity index (χ1) is 29.2. The van der Waals surface area contributed by atoms with Gasteiger partial charge in [0.2, 0.25) is 11.8 Å². The Labute approximate surface area is 351 Å². The molecule has 13 heteroatoms. The predicted octanol–water partition coefficient (Wildman–Crippen LogP) is 7.95. The number of likely N-dealkylation sites (tertiary alicyclic amines) is 2. The number of H-pyrrole nitrogens is 2. The van der Waals surface area contributed by atoms with Crippen molar-refractivity contribution in [3.05, 3.63) is 108 Å². The van der Waals surface area contributed by atoms with E-state index in [9.17, 15) is 19.5 Å². The fraction of sp³-hybridized carbons (Fsp3) is 0.426. The SMILES string of the molecule is CCN(CC)[C@@H](C(=O)N1CCC[C@H]1c1ncc(-c2ccc(-c3ccc(-c4cnc([C@@H]5CCCN5C(=O)[C@H](C5CCOCC5)N(C)C(=O)O)[nH]4)cc3)cc2)[nH]1)c1ccccc1. The number of nitrogens with zero attached hydrogens (tertiary/aromatic N) is 6. The summed E-state index contributed by atoms with van der Waals surface area (Å²) in [6.45, 7) is 8.13. The second kappa shape index (κ2) is 18.2. The first kappa shape index (κ1) is 41.0. The van der Waals surface area contributed by atoms with Crippen LogP contribution in [-0.2, 0) is 14.3 Å². The van der Waals surface area contributed by atoms with E-state index in [1.54, 1.807) is 0 Å². The number of hydrogen-bond donors (Lipinski definition) is 3. The highest BCUT2D eigenvalue weighted by molar-refractivity contribution is 5.86. The number of benzene rings is 3. The summed E-state index contributed by atoms with van der Waals surface area (Å²) in [5, 5.41) is 9.85. The van der Waals surface area contributed by atoms with Gasteiger partial charge in [0.05, 0.1) is 35.9 Å². The molecule has 13 nitrogen and oxygen atoms in total. The van der Waals surface area contributed by atoms with Crippen LogP contribution < -0.4 is 0 Å². The number of aromatic amines is 2. The monoisotopic (exact) mass is 812 g/mol. The first-order valence-electron chi connectivity index (χ1n) is 21.5. The molecule has 0 unspecified atom stereocenters. The lowest BCUT2D eigenvalue weighted by molar-refractivity contribution is -0.140. The minimum Gasteiger partial charge on any atom is -0.465 e. The molecule has 3 aliphatic heterocycles. The van der Waals surface area contributed by atoms with Crippen molar-refractivity contribution >= 4 is 17.9 Å². The molecule has 0 aliphatic carbocycles. The molecule has 0 spiro atoms. The summed E-state index contributed by atoms with van der Waals surface area (Å²) in [6.07, 6.45) is 7.28. The van der Waals surface area contributed by atoms with Crippen molar-refractivity contribution < 1.29 is 24.2 Å². The van der Waals surface area contributed by atoms with Crippen molar-refractivity contribution in [2.24, 2.45) is 5.92 Å². The van der Waals surface area contributed by atoms with Gasteiger partial charge in [-0.05, 0) is 85.3 Å². The minimum absolute atomic E-state index is 0.0862. The Balaban J connectivity index is 0.929. The molecule has 3 N–H and O–H groups in total. The van der Waals surface area contributed by atoms with E-state index in [1.165, 1.54) is 11.9 Å². The van der Waals surface area contributed by atoms with Gasteiger partial charge in [-0.25, -0.2) is 14.8 Å². The molecular weight excluding hydrogens is 757 g/mol. The van der Waals surface area contributed by atoms with Gasteiger partial charge >= 0.3 is 6.09 Å². The average Bonchev–Trinajstić information content (AvgIpc) is 4.14. The molecule has 3 saturated heterocycles. The van der Waals surface area contributed by atoms with Crippen LogP contribution in [0.5, 0.6) is 0 Å². The lowest BCUT2D eigenvalue weighted by atomic mass is 9.89. The summed E-state index contributed by atoms with van der Waals surface area (Å²) >= 11 is 0. The molecule has 8 rings (SSSR count). The highest BCUT2D eigenvalue weighted by Gasteiger charge is 2.42. The molecule has 3 aliphatic rings. The van der Waals surface area contributed by atoms with Crippen LogP contribution in [0, 0.1) is 5.92 Å². The third-order valence-electron chi connectivity index (χ3n) is 12.8. The Morgan fingerprint density at radius 1 is 0.717 bits per heavy atom. The Bertz CT molecular complexity index is 2230. The van der Waals surface area contributed by atoms with E-state index in [-0.39, 0.29) is 35.9 Å². The molecule has 3 fully saturated rings. The van der Waals surface area contributed by atoms with Crippen molar-refractivity contribution in [2.45, 2.75) is 76.5 Å². The number of amides is 3. The highest BCUT2D eigenvalue weighted by atomic mass is 16.5. The van der Waals surface area contributed by atoms with Crippen molar-refractivity contribution in [3.8, 4) is 33.6 Å². The molecule has 314 valence electrons. The molecule has 4 atom stereocenters. The number of hydrogen-bond acceptors (Lipinski definition) is 7. The fourth-order valence-corrected chi connectivity index (χ4v) is 9.51. The van der Waals surface area contributed by atoms with Gasteiger partial charge in [0.1, 0.15) is 23.7 Å². The molecule has 3 amide bonds. The molecule has 0 radical (unpaired) electrons. The van der Waals surface area contributed by atoms with E-state index in [4.69, 9.17) is 14.7 Å². The van der Waals surface area contributed by atoms with E-state index in [0.29, 0.717) is 45.0 Å². The highest BCUT2D eigenvalue weighted by Crippen LogP contribution is 2.37. The van der Waals surface area contributed by atoms with Crippen LogP contribution in [0.3, 0.4) is 0 Å². The van der Waals surface area contributed by atoms with Crippen LogP contribution in [0.15, 0.2) is 91.3 Å². The van der Waals surface area contributed by atoms with Gasteiger partial charge in [0, 0.05) is 33.4 Å². The topological polar surface area (TPSA) is 151 Å². The van der Waals surface area contributed by atoms with Gasteiger partial charge in [0.25, 0.3) is 0 Å². The first-order valence-corrected chi connectivity index (χ1v) is 21.5. The standard InChI is InChI=1S/C47H56N8O5/c1-4-53(5-2)42(35-11-7-6-8-12-35)46(57)55-26-10-14-40(55)44-49-30-38(51-44)34-21-17-32(18-22-34)31-15-19-33(20-16-31)37-29-48-43(50-37)39-13-9-25-54(39)45(56)41(52(3)47(58)59)36-23-27-60-28-24-36/h6-8,11-12,15-22,29-30,36,39-42H,4-5,9-10,13-14,23-28H2,1-3H3,(H,48,50)(H,49,51)(H,58,59)/t39-,40-,41-,42+/m0/s1. The zero-order valence-electron chi connectivity index (χ0n) is 34.8. The summed E-state index contributed by atoms with van der Waals surface area (Å²) in [7, 11) is 1.49. The maximum Gasteiger partial charge on any atom is 0.407 e. The van der Waals surface area contributed by atoms with E-state index >= 15 is 0 Å². The van der Waals surface area contributed by atoms with Crippen LogP contribution in [0.4, 0.5) is 4.79 Å². The Hall–Kier alpha value is -5.79. The number of ether oxygens (including phenoxy) is 1. The average molecular weight is 813 g/mol. The Morgan fingerprint density at radius 3 is 1.68 bits per heavy atom. The van der Waals surface area contributed by atoms with Crippen molar-refractivity contribution in [1.29, 1.82) is 0 Å². The van der Waals surface area contributed by atoms with Gasteiger partial charge < -0.3 is 29.6 Å². The van der Waals surface area contributed by atoms with Gasteiger partial charge in [-0.3, -0.25) is 19.4 Å². The Kier molecular flexibility index (Phi) is 12.4. The van der Waals surface area contributed by atoms with Crippen LogP contribution in [-0.4, -0.2) is 115 Å². The summed E-state index contributed by atoms with van der Waals surface area (Å²) in [5.41, 5.74) is 6.95. The second-order valence-corrected chi connectivity index (χ2v) is 16.2. The molecule has 0 bridgehead atoms. The normalized spacial score (nSPS) is 19.5. The van der Waals surface area contributed by atoms with E-state index < -0.39 is 12.1 Å². The van der Waals surface area contributed by atoms with Crippen LogP contribution >= 0.6 is 0 Å². The lowest BCUT2D eigenvalue weighted by Gasteiger charge is -2.37. The largest absolute Gasteiger partial charge is 0.465 e. The summed E-state index contributed by atoms with van der Waals surface area (Å²) in [4.78, 5) is 64.1. The molecule has 0 saturated carbocycles. The second-order valence-electron chi connectivity index (χ2n) is 16.2. The van der Waals surface area contributed by atoms with E-state index in [2.05, 4.69) is 89.4 Å². The summed E-state index contributed by atoms with van der Waals surface area (Å²) in [5.74, 6) is 1.41. The Morgan fingerprint density at radius 2 is 1.20 bits per heavy atom. The number of carbonyl (C=O) groups is 3. The molecule has 60 heavy (non-hydrogen) atoms. The smallest absolute Gasteiger partial charge is 0.407 e. The van der Waals surface area contributed by atoms with Crippen molar-refractivity contribution in [1.82, 2.24) is 39.5 Å². The number of carbonyl (C=O) groups excluding carboxylic acids is 2. The number of aromatic nitrogens is 4. The van der Waals surface area contributed by atoms with Gasteiger partial charge in [0.15, 0.2) is 0 Å². The summed E-state index contributed by atoms with van der Waals surface area (Å²) in [6, 6.07) is 25.4. The fourth-order valence-electron chi connectivity index (χ4n) is 9.51. The van der Waals surface area contributed by atoms with Crippen LogP contribution in [0.25, 0.3) is 33.6 Å². The molecular formula is C47H56N8O5. The predicted molar refractivity (Wildman–Crippen MR) is 230 cm³/mol. The van der Waals surface area contributed by atoms with Gasteiger partial charge in [-0.1, -0.05) is 92.7 Å². The van der Waals surface area contributed by atoms with E-state index in [0.717, 1.165) is 83.8 Å². The number of imidazole rings is 2. The number of likely N-dealkylation sites (N-methyl/N-ethyl adjacent to an activating group) is 2. The third-order valence-corrected chi connectivity index (χ3v) is 12.8. The zero-order chi connectivity index (χ0) is 41.8. The number of rotatable bonds is 13. The molecule has 5 aromatic rings.